The largest absolute Gasteiger partial charge is 0.467 e. The van der Waals surface area contributed by atoms with Crippen LogP contribution in [-0.2, 0) is 10.0 Å². The number of nitrogens with one attached hydrogen (secondary N) is 1. The highest BCUT2D eigenvalue weighted by molar-refractivity contribution is 7.92. The maximum Gasteiger partial charge on any atom is 0.258 e. The molecule has 1 heterocycles. The van der Waals surface area contributed by atoms with Gasteiger partial charge in [0.15, 0.2) is 5.82 Å². The predicted octanol–water partition coefficient (Wildman–Crippen LogP) is 4.68. The molecule has 3 N–H and O–H groups in total. The highest BCUT2D eigenvalue weighted by Gasteiger charge is 2.21. The van der Waals surface area contributed by atoms with E-state index in [9.17, 15) is 12.8 Å². The summed E-state index contributed by atoms with van der Waals surface area (Å²) in [6.07, 6.45) is 1.63. The molecule has 0 amide bonds. The van der Waals surface area contributed by atoms with Gasteiger partial charge in [-0.05, 0) is 25.1 Å². The Bertz CT molecular complexity index is 1210. The minimum absolute atomic E-state index is 0.0113. The summed E-state index contributed by atoms with van der Waals surface area (Å²) in [6.45, 7) is 1.61. The first-order valence-corrected chi connectivity index (χ1v) is 11.2. The first-order chi connectivity index (χ1) is 14.1. The molecule has 158 valence electrons. The van der Waals surface area contributed by atoms with Crippen molar-refractivity contribution in [3.63, 3.8) is 0 Å². The fraction of sp³-hybridized carbons (Fsp3) is 0.158. The quantitative estimate of drug-likeness (QED) is 0.506. The number of nitrogens with two attached hydrogens (primary N) is 1. The fourth-order valence-corrected chi connectivity index (χ4v) is 3.99. The molecule has 11 heteroatoms. The molecule has 2 aromatic carbocycles. The molecule has 1 aromatic heterocycles. The van der Waals surface area contributed by atoms with Crippen LogP contribution in [-0.4, -0.2) is 24.6 Å². The van der Waals surface area contributed by atoms with Gasteiger partial charge in [0.05, 0.1) is 28.9 Å². The lowest BCUT2D eigenvalue weighted by atomic mass is 10.1. The van der Waals surface area contributed by atoms with E-state index in [1.807, 2.05) is 0 Å². The second-order valence-electron chi connectivity index (χ2n) is 6.38. The average molecular weight is 471 g/mol. The fourth-order valence-electron chi connectivity index (χ4n) is 2.73. The number of aromatic nitrogens is 2. The molecular formula is C19H17Cl2FN4O3S. The Kier molecular flexibility index (Phi) is 6.35. The van der Waals surface area contributed by atoms with Crippen LogP contribution in [0.3, 0.4) is 0 Å². The molecule has 3 aromatic rings. The number of rotatable bonds is 6. The highest BCUT2D eigenvalue weighted by atomic mass is 35.5. The van der Waals surface area contributed by atoms with Gasteiger partial charge in [-0.15, -0.1) is 0 Å². The minimum atomic E-state index is -3.51. The molecule has 0 aliphatic rings. The maximum atomic E-state index is 13.8. The molecule has 1 atom stereocenters. The van der Waals surface area contributed by atoms with Gasteiger partial charge < -0.3 is 10.5 Å². The average Bonchev–Trinajstić information content (AvgIpc) is 2.66. The van der Waals surface area contributed by atoms with Crippen molar-refractivity contribution in [3.05, 3.63) is 64.0 Å². The molecule has 30 heavy (non-hydrogen) atoms. The van der Waals surface area contributed by atoms with Crippen molar-refractivity contribution in [2.75, 3.05) is 16.7 Å². The van der Waals surface area contributed by atoms with Gasteiger partial charge in [0, 0.05) is 16.1 Å². The van der Waals surface area contributed by atoms with Crippen molar-refractivity contribution in [1.82, 2.24) is 9.97 Å². The Morgan fingerprint density at radius 1 is 1.20 bits per heavy atom. The molecule has 3 rings (SSSR count). The number of hydrogen-bond donors (Lipinski definition) is 2. The smallest absolute Gasteiger partial charge is 0.258 e. The van der Waals surface area contributed by atoms with Gasteiger partial charge in [0.25, 0.3) is 5.88 Å². The van der Waals surface area contributed by atoms with E-state index in [-0.39, 0.29) is 27.3 Å². The Balaban J connectivity index is 1.99. The Labute approximate surface area is 183 Å². The van der Waals surface area contributed by atoms with Crippen LogP contribution in [0.15, 0.2) is 42.6 Å². The van der Waals surface area contributed by atoms with Crippen molar-refractivity contribution in [1.29, 1.82) is 0 Å². The SMILES string of the molecule is CC(Oc1nc(-c2ccccc2NS(C)(=O)=O)cnc1N)c1c(Cl)ccc(F)c1Cl. The third-order valence-electron chi connectivity index (χ3n) is 4.04. The number of ether oxygens (including phenoxy) is 1. The van der Waals surface area contributed by atoms with Gasteiger partial charge in [0.1, 0.15) is 11.9 Å². The van der Waals surface area contributed by atoms with E-state index in [1.165, 1.54) is 12.3 Å². The number of nitrogens with zero attached hydrogens (tertiary/aromatic N) is 2. The van der Waals surface area contributed by atoms with Crippen molar-refractivity contribution >= 4 is 44.7 Å². The third-order valence-corrected chi connectivity index (χ3v) is 5.34. The van der Waals surface area contributed by atoms with Crippen molar-refractivity contribution in [3.8, 4) is 17.1 Å². The van der Waals surface area contributed by atoms with Gasteiger partial charge in [-0.25, -0.2) is 22.8 Å². The van der Waals surface area contributed by atoms with E-state index in [2.05, 4.69) is 14.7 Å². The van der Waals surface area contributed by atoms with Crippen LogP contribution in [0.4, 0.5) is 15.9 Å². The summed E-state index contributed by atoms with van der Waals surface area (Å²) in [5.74, 6) is -0.687. The molecule has 0 aliphatic carbocycles. The Morgan fingerprint density at radius 3 is 2.60 bits per heavy atom. The molecule has 0 aliphatic heterocycles. The van der Waals surface area contributed by atoms with Crippen molar-refractivity contribution in [2.45, 2.75) is 13.0 Å². The van der Waals surface area contributed by atoms with E-state index in [0.717, 1.165) is 12.3 Å². The second kappa shape index (κ2) is 8.63. The van der Waals surface area contributed by atoms with Crippen LogP contribution in [0, 0.1) is 5.82 Å². The molecule has 0 saturated heterocycles. The number of benzene rings is 2. The Morgan fingerprint density at radius 2 is 1.90 bits per heavy atom. The number of halogens is 3. The standard InChI is InChI=1S/C19H17Cl2FN4O3S/c1-10(16-12(20)7-8-13(22)17(16)21)29-19-18(23)24-9-15(25-19)11-5-3-4-6-14(11)26-30(2,27)28/h3-10,26H,1-2H3,(H2,23,24). The zero-order chi connectivity index (χ0) is 22.1. The lowest BCUT2D eigenvalue weighted by molar-refractivity contribution is 0.218. The summed E-state index contributed by atoms with van der Waals surface area (Å²) in [6, 6.07) is 9.18. The number of anilines is 2. The zero-order valence-electron chi connectivity index (χ0n) is 15.9. The molecule has 0 bridgehead atoms. The molecular weight excluding hydrogens is 454 g/mol. The molecule has 0 spiro atoms. The highest BCUT2D eigenvalue weighted by Crippen LogP contribution is 2.36. The first kappa shape index (κ1) is 22.1. The van der Waals surface area contributed by atoms with Crippen LogP contribution in [0.25, 0.3) is 11.3 Å². The summed E-state index contributed by atoms with van der Waals surface area (Å²) in [4.78, 5) is 8.43. The van der Waals surface area contributed by atoms with E-state index < -0.39 is 21.9 Å². The summed E-state index contributed by atoms with van der Waals surface area (Å²) in [5.41, 5.74) is 7.23. The van der Waals surface area contributed by atoms with Crippen LogP contribution in [0.2, 0.25) is 10.0 Å². The van der Waals surface area contributed by atoms with Crippen molar-refractivity contribution in [2.24, 2.45) is 0 Å². The van der Waals surface area contributed by atoms with Crippen LogP contribution in [0.1, 0.15) is 18.6 Å². The lowest BCUT2D eigenvalue weighted by Crippen LogP contribution is -2.11. The van der Waals surface area contributed by atoms with Crippen LogP contribution in [0.5, 0.6) is 5.88 Å². The van der Waals surface area contributed by atoms with Crippen LogP contribution >= 0.6 is 23.2 Å². The number of hydrogen-bond acceptors (Lipinski definition) is 6. The molecule has 0 saturated carbocycles. The first-order valence-electron chi connectivity index (χ1n) is 8.56. The third kappa shape index (κ3) is 4.92. The number of nitrogen functional groups attached to an aromatic ring is 1. The monoisotopic (exact) mass is 470 g/mol. The summed E-state index contributed by atoms with van der Waals surface area (Å²) in [7, 11) is -3.51. The maximum absolute atomic E-state index is 13.8. The summed E-state index contributed by atoms with van der Waals surface area (Å²) in [5, 5.41) is 0.0552. The van der Waals surface area contributed by atoms with Crippen molar-refractivity contribution < 1.29 is 17.5 Å². The van der Waals surface area contributed by atoms with E-state index in [0.29, 0.717) is 16.9 Å². The molecule has 1 unspecified atom stereocenters. The van der Waals surface area contributed by atoms with E-state index >= 15 is 0 Å². The van der Waals surface area contributed by atoms with Gasteiger partial charge in [-0.1, -0.05) is 41.4 Å². The molecule has 0 radical (unpaired) electrons. The topological polar surface area (TPSA) is 107 Å². The Hall–Kier alpha value is -2.62. The van der Waals surface area contributed by atoms with Gasteiger partial charge in [-0.3, -0.25) is 4.72 Å². The summed E-state index contributed by atoms with van der Waals surface area (Å²) < 4.78 is 45.4. The number of sulfonamides is 1. The van der Waals surface area contributed by atoms with Gasteiger partial charge in [0.2, 0.25) is 10.0 Å². The normalized spacial score (nSPS) is 12.4. The zero-order valence-corrected chi connectivity index (χ0v) is 18.2. The van der Waals surface area contributed by atoms with Gasteiger partial charge >= 0.3 is 0 Å². The van der Waals surface area contributed by atoms with E-state index in [4.69, 9.17) is 33.7 Å². The predicted molar refractivity (Wildman–Crippen MR) is 116 cm³/mol. The second-order valence-corrected chi connectivity index (χ2v) is 8.92. The lowest BCUT2D eigenvalue weighted by Gasteiger charge is -2.18. The molecule has 7 nitrogen and oxygen atoms in total. The van der Waals surface area contributed by atoms with Crippen LogP contribution < -0.4 is 15.2 Å². The number of para-hydroxylation sites is 1. The minimum Gasteiger partial charge on any atom is -0.467 e. The summed E-state index contributed by atoms with van der Waals surface area (Å²) >= 11 is 12.2. The molecule has 0 fully saturated rings. The van der Waals surface area contributed by atoms with Gasteiger partial charge in [-0.2, -0.15) is 0 Å². The van der Waals surface area contributed by atoms with E-state index in [1.54, 1.807) is 31.2 Å².